The van der Waals surface area contributed by atoms with E-state index in [1.807, 2.05) is 21.1 Å². The van der Waals surface area contributed by atoms with Gasteiger partial charge in [0.25, 0.3) is 0 Å². The van der Waals surface area contributed by atoms with Crippen molar-refractivity contribution < 1.29 is 42.9 Å². The minimum absolute atomic E-state index is 0.145. The highest BCUT2D eigenvalue weighted by atomic mass is 16.7. The van der Waals surface area contributed by atoms with Gasteiger partial charge in [0.15, 0.2) is 12.4 Å². The van der Waals surface area contributed by atoms with Gasteiger partial charge in [-0.25, -0.2) is 0 Å². The number of carboxylic acids is 1. The molecule has 0 bridgehead atoms. The Kier molecular flexibility index (Phi) is 58.3. The Hall–Kier alpha value is -3.27. The fourth-order valence-corrected chi connectivity index (χ4v) is 9.38. The van der Waals surface area contributed by atoms with E-state index >= 15 is 0 Å². The van der Waals surface area contributed by atoms with Gasteiger partial charge in [0.2, 0.25) is 0 Å². The number of esters is 2. The Labute approximate surface area is 487 Å². The van der Waals surface area contributed by atoms with Crippen LogP contribution in [0.1, 0.15) is 296 Å². The van der Waals surface area contributed by atoms with Crippen LogP contribution in [-0.4, -0.2) is 82.3 Å². The van der Waals surface area contributed by atoms with Crippen molar-refractivity contribution in [1.29, 1.82) is 0 Å². The SMILES string of the molecule is CC/C=C\C/C=C\C/C=C\C/C=C\C/C=C\CCCCCCCCCCCC(=O)OC(COC(=O)CCCCCCCCCCCCCCCCCCC/C=C\CCCCCCCCCC)COC(OCC[N+](C)(C)C)C(=O)[O-]. The van der Waals surface area contributed by atoms with E-state index in [2.05, 4.69) is 86.8 Å². The van der Waals surface area contributed by atoms with Crippen molar-refractivity contribution in [3.63, 3.8) is 0 Å². The lowest BCUT2D eigenvalue weighted by Gasteiger charge is -2.26. The molecule has 0 radical (unpaired) electrons. The van der Waals surface area contributed by atoms with Gasteiger partial charge in [0.1, 0.15) is 13.2 Å². The van der Waals surface area contributed by atoms with Crippen LogP contribution in [0.5, 0.6) is 0 Å². The van der Waals surface area contributed by atoms with E-state index < -0.39 is 24.3 Å². The third-order valence-corrected chi connectivity index (χ3v) is 14.4. The van der Waals surface area contributed by atoms with E-state index in [1.165, 1.54) is 186 Å². The highest BCUT2D eigenvalue weighted by molar-refractivity contribution is 5.70. The Morgan fingerprint density at radius 3 is 1.09 bits per heavy atom. The second kappa shape index (κ2) is 60.8. The molecule has 0 rings (SSSR count). The average Bonchev–Trinajstić information content (AvgIpc) is 3.42. The number of quaternary nitrogens is 1. The van der Waals surface area contributed by atoms with Gasteiger partial charge in [-0.1, -0.05) is 273 Å². The zero-order chi connectivity index (χ0) is 57.6. The molecule has 2 atom stereocenters. The van der Waals surface area contributed by atoms with Crippen LogP contribution in [0.4, 0.5) is 0 Å². The summed E-state index contributed by atoms with van der Waals surface area (Å²) in [6.45, 7) is 4.66. The summed E-state index contributed by atoms with van der Waals surface area (Å²) in [5, 5.41) is 11.8. The van der Waals surface area contributed by atoms with E-state index in [-0.39, 0.29) is 32.2 Å². The predicted molar refractivity (Wildman–Crippen MR) is 334 cm³/mol. The lowest BCUT2D eigenvalue weighted by molar-refractivity contribution is -0.870. The molecule has 2 unspecified atom stereocenters. The molecular weight excluding hydrogens is 983 g/mol. The number of carboxylic acid groups (broad SMARTS) is 1. The third kappa shape index (κ3) is 62.2. The van der Waals surface area contributed by atoms with Crippen molar-refractivity contribution in [1.82, 2.24) is 0 Å². The van der Waals surface area contributed by atoms with E-state index in [1.54, 1.807) is 0 Å². The minimum Gasteiger partial charge on any atom is -0.545 e. The van der Waals surface area contributed by atoms with Gasteiger partial charge < -0.3 is 33.3 Å². The second-order valence-corrected chi connectivity index (χ2v) is 23.4. The fourth-order valence-electron chi connectivity index (χ4n) is 9.38. The van der Waals surface area contributed by atoms with Gasteiger partial charge in [-0.05, 0) is 83.5 Å². The Morgan fingerprint density at radius 1 is 0.392 bits per heavy atom. The Morgan fingerprint density at radius 2 is 0.722 bits per heavy atom. The monoisotopic (exact) mass is 1110 g/mol. The molecule has 0 aliphatic heterocycles. The number of likely N-dealkylation sites (N-methyl/N-ethyl adjacent to an activating group) is 1. The highest BCUT2D eigenvalue weighted by Crippen LogP contribution is 2.17. The summed E-state index contributed by atoms with van der Waals surface area (Å²) in [4.78, 5) is 37.4. The maximum Gasteiger partial charge on any atom is 0.306 e. The van der Waals surface area contributed by atoms with Crippen molar-refractivity contribution in [2.24, 2.45) is 0 Å². The van der Waals surface area contributed by atoms with E-state index in [0.29, 0.717) is 23.9 Å². The van der Waals surface area contributed by atoms with Gasteiger partial charge in [-0.15, -0.1) is 0 Å². The molecule has 0 amide bonds. The molecule has 0 aliphatic rings. The molecule has 0 aromatic rings. The second-order valence-electron chi connectivity index (χ2n) is 23.4. The fraction of sp³-hybridized carbons (Fsp3) is 0.786. The molecule has 9 heteroatoms. The largest absolute Gasteiger partial charge is 0.545 e. The highest BCUT2D eigenvalue weighted by Gasteiger charge is 2.22. The summed E-state index contributed by atoms with van der Waals surface area (Å²) in [6.07, 6.45) is 76.8. The molecule has 0 aliphatic carbocycles. The molecule has 458 valence electrons. The summed E-state index contributed by atoms with van der Waals surface area (Å²) in [5.74, 6) is -2.28. The van der Waals surface area contributed by atoms with Gasteiger partial charge in [-0.3, -0.25) is 9.59 Å². The first-order valence-electron chi connectivity index (χ1n) is 33.1. The minimum atomic E-state index is -1.63. The van der Waals surface area contributed by atoms with E-state index in [4.69, 9.17) is 18.9 Å². The van der Waals surface area contributed by atoms with Crippen LogP contribution >= 0.6 is 0 Å². The lowest BCUT2D eigenvalue weighted by Crippen LogP contribution is -2.44. The Balaban J connectivity index is 4.15. The lowest BCUT2D eigenvalue weighted by atomic mass is 10.0. The predicted octanol–water partition coefficient (Wildman–Crippen LogP) is 18.8. The standard InChI is InChI=1S/C70H125NO8/c1-6-8-10-12-14-16-18-20-22-24-26-28-30-32-33-34-35-37-38-40-42-44-46-48-50-52-54-56-58-60-67(72)77-64-66(65-78-70(69(74)75)76-63-62-71(3,4)5)79-68(73)61-59-57-55-53-51-49-47-45-43-41-39-36-31-29-27-25-23-21-19-17-15-13-11-9-7-2/h9,11,15,17,21,23-24,26-27,29,36,39,66,70H,6-8,10,12-14,16,18-20,22,25,28,30-35,37-38,40-65H2,1-5H3/b11-9-,17-15-,23-21-,26-24-,29-27-,39-36-. The van der Waals surface area contributed by atoms with Crippen molar-refractivity contribution in [3.05, 3.63) is 72.9 Å². The van der Waals surface area contributed by atoms with Crippen molar-refractivity contribution >= 4 is 17.9 Å². The van der Waals surface area contributed by atoms with E-state index in [9.17, 15) is 19.5 Å². The number of carbonyl (C=O) groups excluding carboxylic acids is 3. The number of rotatable bonds is 61. The molecule has 0 saturated heterocycles. The van der Waals surface area contributed by atoms with Crippen LogP contribution in [-0.2, 0) is 33.3 Å². The summed E-state index contributed by atoms with van der Waals surface area (Å²) >= 11 is 0. The van der Waals surface area contributed by atoms with Crippen molar-refractivity contribution in [2.75, 3.05) is 47.5 Å². The number of carbonyl (C=O) groups is 3. The number of nitrogens with zero attached hydrogens (tertiary/aromatic N) is 1. The van der Waals surface area contributed by atoms with Gasteiger partial charge in [-0.2, -0.15) is 0 Å². The number of allylic oxidation sites excluding steroid dienone is 12. The molecule has 0 fully saturated rings. The number of unbranched alkanes of at least 4 members (excludes halogenated alkanes) is 34. The summed E-state index contributed by atoms with van der Waals surface area (Å²) in [6, 6.07) is 0. The molecule has 9 nitrogen and oxygen atoms in total. The van der Waals surface area contributed by atoms with Crippen molar-refractivity contribution in [2.45, 2.75) is 309 Å². The number of aliphatic carboxylic acids is 1. The van der Waals surface area contributed by atoms with Crippen LogP contribution in [0, 0.1) is 0 Å². The Bertz CT molecular complexity index is 1520. The molecule has 0 N–H and O–H groups in total. The van der Waals surface area contributed by atoms with Crippen molar-refractivity contribution in [3.8, 4) is 0 Å². The number of ether oxygens (including phenoxy) is 4. The van der Waals surface area contributed by atoms with Gasteiger partial charge in [0.05, 0.1) is 40.3 Å². The first-order chi connectivity index (χ1) is 38.6. The normalized spacial score (nSPS) is 13.2. The number of hydrogen-bond acceptors (Lipinski definition) is 8. The number of hydrogen-bond donors (Lipinski definition) is 0. The first-order valence-corrected chi connectivity index (χ1v) is 33.1. The van der Waals surface area contributed by atoms with Gasteiger partial charge in [0, 0.05) is 12.8 Å². The van der Waals surface area contributed by atoms with Crippen LogP contribution in [0.15, 0.2) is 72.9 Å². The molecule has 0 saturated carbocycles. The van der Waals surface area contributed by atoms with Crippen LogP contribution in [0.25, 0.3) is 0 Å². The maximum absolute atomic E-state index is 12.9. The molecule has 0 heterocycles. The molecule has 0 spiro atoms. The van der Waals surface area contributed by atoms with Crippen LogP contribution in [0.3, 0.4) is 0 Å². The molecule has 79 heavy (non-hydrogen) atoms. The first kappa shape index (κ1) is 75.7. The van der Waals surface area contributed by atoms with Crippen LogP contribution in [0.2, 0.25) is 0 Å². The quantitative estimate of drug-likeness (QED) is 0.0195. The van der Waals surface area contributed by atoms with Gasteiger partial charge >= 0.3 is 11.9 Å². The van der Waals surface area contributed by atoms with Crippen LogP contribution < -0.4 is 5.11 Å². The topological polar surface area (TPSA) is 111 Å². The summed E-state index contributed by atoms with van der Waals surface area (Å²) < 4.78 is 22.8. The summed E-state index contributed by atoms with van der Waals surface area (Å²) in [7, 11) is 5.93. The third-order valence-electron chi connectivity index (χ3n) is 14.4. The van der Waals surface area contributed by atoms with E-state index in [0.717, 1.165) is 77.0 Å². The zero-order valence-electron chi connectivity index (χ0n) is 52.2. The smallest absolute Gasteiger partial charge is 0.306 e. The molecular formula is C70H125NO8. The zero-order valence-corrected chi connectivity index (χ0v) is 52.2. The molecule has 0 aromatic heterocycles. The molecule has 0 aromatic carbocycles. The maximum atomic E-state index is 12.9. The summed E-state index contributed by atoms with van der Waals surface area (Å²) in [5.41, 5.74) is 0. The average molecular weight is 1110 g/mol.